The van der Waals surface area contributed by atoms with E-state index in [9.17, 15) is 9.59 Å². The summed E-state index contributed by atoms with van der Waals surface area (Å²) >= 11 is 0. The van der Waals surface area contributed by atoms with Crippen molar-refractivity contribution in [1.82, 2.24) is 4.90 Å². The Morgan fingerprint density at radius 1 is 1.00 bits per heavy atom. The molecule has 30 heavy (non-hydrogen) atoms. The third kappa shape index (κ3) is 5.08. The molecule has 2 amide bonds. The second-order valence-electron chi connectivity index (χ2n) is 8.65. The van der Waals surface area contributed by atoms with Crippen molar-refractivity contribution in [2.75, 3.05) is 25.0 Å². The third-order valence-corrected chi connectivity index (χ3v) is 6.63. The van der Waals surface area contributed by atoms with Crippen LogP contribution in [0, 0.1) is 5.92 Å². The van der Waals surface area contributed by atoms with Gasteiger partial charge in [-0.25, -0.2) is 0 Å². The summed E-state index contributed by atoms with van der Waals surface area (Å²) in [6, 6.07) is 16.6. The van der Waals surface area contributed by atoms with Crippen molar-refractivity contribution in [3.8, 4) is 0 Å². The van der Waals surface area contributed by atoms with E-state index < -0.39 is 0 Å². The number of nitrogens with two attached hydrogens (primary N) is 1. The van der Waals surface area contributed by atoms with Gasteiger partial charge < -0.3 is 16.0 Å². The lowest BCUT2D eigenvalue weighted by Crippen LogP contribution is -2.39. The summed E-state index contributed by atoms with van der Waals surface area (Å²) < 4.78 is 0. The van der Waals surface area contributed by atoms with Gasteiger partial charge in [0.15, 0.2) is 0 Å². The number of nitrogens with one attached hydrogen (secondary N) is 1. The molecule has 0 spiro atoms. The molecule has 1 aliphatic heterocycles. The lowest BCUT2D eigenvalue weighted by atomic mass is 9.96. The minimum atomic E-state index is -0.163. The number of piperidine rings is 1. The van der Waals surface area contributed by atoms with E-state index in [0.717, 1.165) is 57.4 Å². The Morgan fingerprint density at radius 3 is 2.47 bits per heavy atom. The highest BCUT2D eigenvalue weighted by molar-refractivity contribution is 5.91. The molecular formula is C25H31N3O2. The molecule has 158 valence electrons. The first-order chi connectivity index (χ1) is 14.6. The van der Waals surface area contributed by atoms with E-state index in [2.05, 4.69) is 46.6 Å². The molecule has 5 heteroatoms. The first kappa shape index (κ1) is 20.6. The molecule has 1 unspecified atom stereocenters. The number of aryl methyl sites for hydroxylation is 1. The van der Waals surface area contributed by atoms with Gasteiger partial charge in [0.1, 0.15) is 0 Å². The van der Waals surface area contributed by atoms with Crippen molar-refractivity contribution in [1.29, 1.82) is 0 Å². The molecule has 1 saturated heterocycles. The van der Waals surface area contributed by atoms with Crippen molar-refractivity contribution in [2.24, 2.45) is 11.7 Å². The molecule has 0 bridgehead atoms. The minimum absolute atomic E-state index is 0.0434. The van der Waals surface area contributed by atoms with Crippen LogP contribution in [0.2, 0.25) is 0 Å². The smallest absolute Gasteiger partial charge is 0.224 e. The van der Waals surface area contributed by atoms with Gasteiger partial charge in [-0.05, 0) is 79.9 Å². The van der Waals surface area contributed by atoms with Crippen LogP contribution in [-0.4, -0.2) is 36.3 Å². The number of rotatable bonds is 7. The van der Waals surface area contributed by atoms with Crippen LogP contribution in [0.15, 0.2) is 48.5 Å². The molecule has 1 heterocycles. The van der Waals surface area contributed by atoms with E-state index in [-0.39, 0.29) is 17.7 Å². The largest absolute Gasteiger partial charge is 0.369 e. The summed E-state index contributed by atoms with van der Waals surface area (Å²) in [7, 11) is 0. The van der Waals surface area contributed by atoms with Crippen molar-refractivity contribution in [3.05, 3.63) is 65.2 Å². The highest BCUT2D eigenvalue weighted by Crippen LogP contribution is 2.35. The summed E-state index contributed by atoms with van der Waals surface area (Å²) in [6.07, 6.45) is 5.37. The van der Waals surface area contributed by atoms with Gasteiger partial charge in [-0.3, -0.25) is 9.59 Å². The number of fused-ring (bicyclic) bond motifs is 1. The van der Waals surface area contributed by atoms with Gasteiger partial charge in [-0.2, -0.15) is 0 Å². The molecule has 5 nitrogen and oxygen atoms in total. The maximum Gasteiger partial charge on any atom is 0.224 e. The van der Waals surface area contributed by atoms with E-state index >= 15 is 0 Å². The highest BCUT2D eigenvalue weighted by Gasteiger charge is 2.24. The Morgan fingerprint density at radius 2 is 1.73 bits per heavy atom. The number of hydrogen-bond donors (Lipinski definition) is 2. The summed E-state index contributed by atoms with van der Waals surface area (Å²) in [6.45, 7) is 2.86. The average molecular weight is 406 g/mol. The number of amides is 2. The molecule has 2 aromatic carbocycles. The van der Waals surface area contributed by atoms with Crippen LogP contribution in [0.25, 0.3) is 0 Å². The molecule has 3 N–H and O–H groups in total. The van der Waals surface area contributed by atoms with Crippen molar-refractivity contribution in [2.45, 2.75) is 44.4 Å². The Kier molecular flexibility index (Phi) is 6.48. The Bertz CT molecular complexity index is 886. The molecule has 1 fully saturated rings. The van der Waals surface area contributed by atoms with Gasteiger partial charge in [-0.1, -0.05) is 36.4 Å². The van der Waals surface area contributed by atoms with Crippen molar-refractivity contribution < 1.29 is 9.59 Å². The number of likely N-dealkylation sites (tertiary alicyclic amines) is 1. The quantitative estimate of drug-likeness (QED) is 0.740. The number of hydrogen-bond acceptors (Lipinski definition) is 3. The van der Waals surface area contributed by atoms with Gasteiger partial charge in [-0.15, -0.1) is 0 Å². The Balaban J connectivity index is 1.22. The lowest BCUT2D eigenvalue weighted by Gasteiger charge is -2.30. The van der Waals surface area contributed by atoms with Crippen LogP contribution in [0.3, 0.4) is 0 Å². The number of nitrogens with zero attached hydrogens (tertiary/aromatic N) is 1. The molecular weight excluding hydrogens is 374 g/mol. The molecule has 2 aromatic rings. The molecule has 1 atom stereocenters. The fraction of sp³-hybridized carbons (Fsp3) is 0.440. The number of carbonyl (C=O) groups excluding carboxylic acids is 2. The topological polar surface area (TPSA) is 75.4 Å². The summed E-state index contributed by atoms with van der Waals surface area (Å²) in [5, 5.41) is 3.05. The van der Waals surface area contributed by atoms with Gasteiger partial charge in [0, 0.05) is 24.6 Å². The zero-order valence-electron chi connectivity index (χ0n) is 17.5. The summed E-state index contributed by atoms with van der Waals surface area (Å²) in [5.74, 6) is 0.298. The van der Waals surface area contributed by atoms with Crippen LogP contribution in [-0.2, 0) is 22.4 Å². The minimum Gasteiger partial charge on any atom is -0.369 e. The van der Waals surface area contributed by atoms with Gasteiger partial charge in [0.25, 0.3) is 0 Å². The van der Waals surface area contributed by atoms with Crippen molar-refractivity contribution >= 4 is 17.5 Å². The first-order valence-corrected chi connectivity index (χ1v) is 11.1. The van der Waals surface area contributed by atoms with Gasteiger partial charge in [0.05, 0.1) is 0 Å². The third-order valence-electron chi connectivity index (χ3n) is 6.63. The standard InChI is InChI=1S/C25H31N3O2/c26-25(30)20-12-15-28(16-13-20)14-11-18-5-9-22(10-6-18)27-24(29)17-21-8-7-19-3-1-2-4-23(19)21/h1-6,9-10,20-21H,7-8,11-17H2,(H2,26,30)(H,27,29). The number of carbonyl (C=O) groups is 2. The van der Waals surface area contributed by atoms with Crippen LogP contribution in [0.5, 0.6) is 0 Å². The predicted molar refractivity (Wildman–Crippen MR) is 119 cm³/mol. The predicted octanol–water partition coefficient (Wildman–Crippen LogP) is 3.49. The highest BCUT2D eigenvalue weighted by atomic mass is 16.2. The van der Waals surface area contributed by atoms with Crippen LogP contribution >= 0.6 is 0 Å². The number of benzene rings is 2. The summed E-state index contributed by atoms with van der Waals surface area (Å²) in [4.78, 5) is 26.2. The Hall–Kier alpha value is -2.66. The maximum absolute atomic E-state index is 12.5. The zero-order valence-corrected chi connectivity index (χ0v) is 17.5. The normalized spacial score (nSPS) is 19.4. The van der Waals surface area contributed by atoms with Crippen LogP contribution in [0.4, 0.5) is 5.69 Å². The molecule has 4 rings (SSSR count). The molecule has 2 aliphatic rings. The van der Waals surface area contributed by atoms with Crippen molar-refractivity contribution in [3.63, 3.8) is 0 Å². The van der Waals surface area contributed by atoms with E-state index in [1.165, 1.54) is 16.7 Å². The molecule has 0 saturated carbocycles. The molecule has 0 aromatic heterocycles. The SMILES string of the molecule is NC(=O)C1CCN(CCc2ccc(NC(=O)CC3CCc4ccccc43)cc2)CC1. The average Bonchev–Trinajstić information content (AvgIpc) is 3.16. The van der Waals surface area contributed by atoms with Gasteiger partial charge in [0.2, 0.25) is 11.8 Å². The van der Waals surface area contributed by atoms with E-state index in [1.807, 2.05) is 12.1 Å². The number of primary amides is 1. The molecule has 0 radical (unpaired) electrons. The fourth-order valence-corrected chi connectivity index (χ4v) is 4.78. The fourth-order valence-electron chi connectivity index (χ4n) is 4.78. The maximum atomic E-state index is 12.5. The second-order valence-corrected chi connectivity index (χ2v) is 8.65. The van der Waals surface area contributed by atoms with Gasteiger partial charge >= 0.3 is 0 Å². The van der Waals surface area contributed by atoms with E-state index in [4.69, 9.17) is 5.73 Å². The van der Waals surface area contributed by atoms with E-state index in [0.29, 0.717) is 12.3 Å². The molecule has 1 aliphatic carbocycles. The number of anilines is 1. The monoisotopic (exact) mass is 405 g/mol. The summed E-state index contributed by atoms with van der Waals surface area (Å²) in [5.41, 5.74) is 10.2. The van der Waals surface area contributed by atoms with E-state index in [1.54, 1.807) is 0 Å². The second kappa shape index (κ2) is 9.43. The zero-order chi connectivity index (χ0) is 20.9. The Labute approximate surface area is 178 Å². The first-order valence-electron chi connectivity index (χ1n) is 11.1. The lowest BCUT2D eigenvalue weighted by molar-refractivity contribution is -0.123. The van der Waals surface area contributed by atoms with Crippen LogP contribution in [0.1, 0.15) is 48.3 Å². The van der Waals surface area contributed by atoms with Crippen LogP contribution < -0.4 is 11.1 Å².